The first kappa shape index (κ1) is 24.1. The molecule has 1 aliphatic heterocycles. The minimum Gasteiger partial charge on any atom is -0.465 e. The summed E-state index contributed by atoms with van der Waals surface area (Å²) in [4.78, 5) is 27.8. The molecule has 0 radical (unpaired) electrons. The Labute approximate surface area is 194 Å². The number of carbonyl (C=O) groups excluding carboxylic acids is 1. The normalized spacial score (nSPS) is 16.0. The van der Waals surface area contributed by atoms with Crippen LogP contribution in [0.2, 0.25) is 0 Å². The van der Waals surface area contributed by atoms with Crippen LogP contribution in [-0.4, -0.2) is 30.4 Å². The van der Waals surface area contributed by atoms with Crippen LogP contribution in [0, 0.1) is 26.7 Å². The molecular formula is C25H31ClN2O4. The third kappa shape index (κ3) is 4.92. The van der Waals surface area contributed by atoms with E-state index in [4.69, 9.17) is 8.83 Å². The summed E-state index contributed by atoms with van der Waals surface area (Å²) in [7, 11) is 0. The molecule has 1 aromatic carbocycles. The molecule has 1 amide bonds. The Morgan fingerprint density at radius 3 is 2.50 bits per heavy atom. The van der Waals surface area contributed by atoms with Crippen LogP contribution in [0.1, 0.15) is 59.0 Å². The summed E-state index contributed by atoms with van der Waals surface area (Å²) in [5.41, 5.74) is 2.15. The molecule has 1 fully saturated rings. The molecular weight excluding hydrogens is 428 g/mol. The second-order valence-corrected chi connectivity index (χ2v) is 8.75. The third-order valence-corrected chi connectivity index (χ3v) is 6.44. The van der Waals surface area contributed by atoms with Gasteiger partial charge in [-0.2, -0.15) is 0 Å². The van der Waals surface area contributed by atoms with Crippen molar-refractivity contribution in [1.82, 2.24) is 10.2 Å². The minimum atomic E-state index is -0.390. The van der Waals surface area contributed by atoms with Gasteiger partial charge in [0.25, 0.3) is 5.91 Å². The summed E-state index contributed by atoms with van der Waals surface area (Å²) >= 11 is 0. The van der Waals surface area contributed by atoms with Gasteiger partial charge in [0.15, 0.2) is 11.2 Å². The molecule has 6 nitrogen and oxygen atoms in total. The molecule has 0 saturated carbocycles. The average Bonchev–Trinajstić information content (AvgIpc) is 3.18. The third-order valence-electron chi connectivity index (χ3n) is 6.44. The highest BCUT2D eigenvalue weighted by Gasteiger charge is 2.27. The fraction of sp³-hybridized carbons (Fsp3) is 0.440. The number of piperidine rings is 1. The number of hydrogen-bond acceptors (Lipinski definition) is 5. The molecule has 3 aromatic rings. The van der Waals surface area contributed by atoms with Crippen LogP contribution in [0.5, 0.6) is 0 Å². The lowest BCUT2D eigenvalue weighted by molar-refractivity contribution is 0.0870. The van der Waals surface area contributed by atoms with Crippen LogP contribution in [0.25, 0.3) is 11.0 Å². The summed E-state index contributed by atoms with van der Waals surface area (Å²) < 4.78 is 11.8. The second kappa shape index (κ2) is 9.92. The van der Waals surface area contributed by atoms with Crippen molar-refractivity contribution in [2.24, 2.45) is 5.92 Å². The van der Waals surface area contributed by atoms with E-state index in [1.54, 1.807) is 6.07 Å². The second-order valence-electron chi connectivity index (χ2n) is 8.75. The van der Waals surface area contributed by atoms with Gasteiger partial charge in [0, 0.05) is 12.6 Å². The molecule has 0 spiro atoms. The van der Waals surface area contributed by atoms with Crippen molar-refractivity contribution in [3.8, 4) is 0 Å². The van der Waals surface area contributed by atoms with Gasteiger partial charge in [-0.05, 0) is 81.9 Å². The topological polar surface area (TPSA) is 75.7 Å². The number of rotatable bonds is 5. The molecule has 1 aliphatic rings. The molecule has 7 heteroatoms. The van der Waals surface area contributed by atoms with E-state index in [1.165, 1.54) is 6.07 Å². The zero-order chi connectivity index (χ0) is 22.1. The molecule has 0 bridgehead atoms. The molecule has 1 saturated heterocycles. The quantitative estimate of drug-likeness (QED) is 0.586. The standard InChI is InChI=1S/C25H30N2O4.ClH/c1-15-9-11-27(12-10-15)20(22-8-6-17(3)30-22)14-26-25(29)23-13-21(28)19-7-5-16(2)18(4)24(19)31-23;/h5-8,13,15,20H,9-12,14H2,1-4H3,(H,26,29);1H. The number of nitrogens with zero attached hydrogens (tertiary/aromatic N) is 1. The van der Waals surface area contributed by atoms with Crippen LogP contribution in [0.15, 0.2) is 44.0 Å². The van der Waals surface area contributed by atoms with Crippen molar-refractivity contribution < 1.29 is 13.6 Å². The van der Waals surface area contributed by atoms with Gasteiger partial charge in [0.2, 0.25) is 0 Å². The van der Waals surface area contributed by atoms with Gasteiger partial charge in [-0.1, -0.05) is 13.0 Å². The fourth-order valence-electron chi connectivity index (χ4n) is 4.22. The molecule has 172 valence electrons. The van der Waals surface area contributed by atoms with E-state index < -0.39 is 5.91 Å². The van der Waals surface area contributed by atoms with Crippen molar-refractivity contribution in [2.75, 3.05) is 19.6 Å². The molecule has 32 heavy (non-hydrogen) atoms. The SMILES string of the molecule is Cc1ccc(C(CNC(=O)c2cc(=O)c3ccc(C)c(C)c3o2)N2CCC(C)CC2)o1.Cl. The van der Waals surface area contributed by atoms with Crippen LogP contribution < -0.4 is 10.7 Å². The Hall–Kier alpha value is -2.57. The number of halogens is 1. The van der Waals surface area contributed by atoms with Gasteiger partial charge < -0.3 is 14.2 Å². The zero-order valence-electron chi connectivity index (χ0n) is 19.1. The van der Waals surface area contributed by atoms with Crippen LogP contribution in [0.3, 0.4) is 0 Å². The van der Waals surface area contributed by atoms with Gasteiger partial charge in [-0.3, -0.25) is 14.5 Å². The van der Waals surface area contributed by atoms with E-state index in [-0.39, 0.29) is 29.6 Å². The first-order valence-electron chi connectivity index (χ1n) is 11.0. The molecule has 1 N–H and O–H groups in total. The van der Waals surface area contributed by atoms with Crippen LogP contribution >= 0.6 is 12.4 Å². The lowest BCUT2D eigenvalue weighted by Gasteiger charge is -2.35. The van der Waals surface area contributed by atoms with E-state index in [2.05, 4.69) is 17.1 Å². The summed E-state index contributed by atoms with van der Waals surface area (Å²) in [6.07, 6.45) is 2.25. The highest BCUT2D eigenvalue weighted by atomic mass is 35.5. The van der Waals surface area contributed by atoms with Gasteiger partial charge in [0.05, 0.1) is 11.4 Å². The lowest BCUT2D eigenvalue weighted by atomic mass is 9.97. The molecule has 0 aliphatic carbocycles. The highest BCUT2D eigenvalue weighted by molar-refractivity contribution is 5.93. The Balaban J connectivity index is 0.00000289. The molecule has 1 unspecified atom stereocenters. The van der Waals surface area contributed by atoms with Crippen molar-refractivity contribution in [3.63, 3.8) is 0 Å². The molecule has 3 heterocycles. The number of carbonyl (C=O) groups is 1. The Bertz CT molecular complexity index is 1160. The van der Waals surface area contributed by atoms with E-state index in [9.17, 15) is 9.59 Å². The predicted octanol–water partition coefficient (Wildman–Crippen LogP) is 4.94. The Morgan fingerprint density at radius 1 is 1.12 bits per heavy atom. The number of fused-ring (bicyclic) bond motifs is 1. The fourth-order valence-corrected chi connectivity index (χ4v) is 4.22. The smallest absolute Gasteiger partial charge is 0.287 e. The maximum absolute atomic E-state index is 12.9. The van der Waals surface area contributed by atoms with Gasteiger partial charge in [-0.25, -0.2) is 0 Å². The van der Waals surface area contributed by atoms with Crippen LogP contribution in [0.4, 0.5) is 0 Å². The van der Waals surface area contributed by atoms with Crippen molar-refractivity contribution in [1.29, 1.82) is 0 Å². The number of benzene rings is 1. The Morgan fingerprint density at radius 2 is 1.84 bits per heavy atom. The molecule has 2 aromatic heterocycles. The van der Waals surface area contributed by atoms with Crippen molar-refractivity contribution in [2.45, 2.75) is 46.6 Å². The minimum absolute atomic E-state index is 0. The number of aryl methyl sites for hydroxylation is 3. The summed E-state index contributed by atoms with van der Waals surface area (Å²) in [5, 5.41) is 3.46. The first-order chi connectivity index (χ1) is 14.8. The van der Waals surface area contributed by atoms with Crippen molar-refractivity contribution >= 4 is 29.3 Å². The first-order valence-corrected chi connectivity index (χ1v) is 11.0. The highest BCUT2D eigenvalue weighted by Crippen LogP contribution is 2.28. The Kier molecular flexibility index (Phi) is 7.47. The maximum Gasteiger partial charge on any atom is 0.287 e. The number of amides is 1. The predicted molar refractivity (Wildman–Crippen MR) is 128 cm³/mol. The number of furan rings is 1. The molecule has 1 atom stereocenters. The lowest BCUT2D eigenvalue weighted by Crippen LogP contribution is -2.41. The van der Waals surface area contributed by atoms with E-state index >= 15 is 0 Å². The van der Waals surface area contributed by atoms with E-state index in [0.29, 0.717) is 23.4 Å². The number of nitrogens with one attached hydrogen (secondary N) is 1. The van der Waals surface area contributed by atoms with Gasteiger partial charge in [0.1, 0.15) is 17.1 Å². The van der Waals surface area contributed by atoms with E-state index in [1.807, 2.05) is 39.0 Å². The van der Waals surface area contributed by atoms with Crippen LogP contribution in [-0.2, 0) is 0 Å². The maximum atomic E-state index is 12.9. The zero-order valence-corrected chi connectivity index (χ0v) is 19.9. The summed E-state index contributed by atoms with van der Waals surface area (Å²) in [5.74, 6) is 2.05. The van der Waals surface area contributed by atoms with Gasteiger partial charge in [-0.15, -0.1) is 12.4 Å². The average molecular weight is 459 g/mol. The summed E-state index contributed by atoms with van der Waals surface area (Å²) in [6.45, 7) is 10.4. The monoisotopic (exact) mass is 458 g/mol. The number of likely N-dealkylation sites (tertiary alicyclic amines) is 1. The largest absolute Gasteiger partial charge is 0.465 e. The van der Waals surface area contributed by atoms with Crippen molar-refractivity contribution in [3.05, 3.63) is 69.0 Å². The van der Waals surface area contributed by atoms with Gasteiger partial charge >= 0.3 is 0 Å². The summed E-state index contributed by atoms with van der Waals surface area (Å²) in [6, 6.07) is 8.79. The number of hydrogen-bond donors (Lipinski definition) is 1. The van der Waals surface area contributed by atoms with E-state index in [0.717, 1.165) is 48.6 Å². The molecule has 4 rings (SSSR count).